The van der Waals surface area contributed by atoms with Gasteiger partial charge in [0.15, 0.2) is 6.10 Å². The minimum absolute atomic E-state index is 0.0585. The Morgan fingerprint density at radius 1 is 0.661 bits per heavy atom. The maximum Gasteiger partial charge on any atom is 0.472 e. The van der Waals surface area contributed by atoms with Gasteiger partial charge in [0.05, 0.1) is 40.1 Å². The van der Waals surface area contributed by atoms with Crippen LogP contribution in [0.25, 0.3) is 0 Å². The van der Waals surface area contributed by atoms with Gasteiger partial charge in [-0.15, -0.1) is 0 Å². The molecule has 0 saturated heterocycles. The monoisotopic (exact) mass is 811 g/mol. The zero-order valence-corrected chi connectivity index (χ0v) is 37.4. The van der Waals surface area contributed by atoms with Gasteiger partial charge in [0.25, 0.3) is 0 Å². The second-order valence-electron chi connectivity index (χ2n) is 16.0. The average molecular weight is 811 g/mol. The van der Waals surface area contributed by atoms with E-state index in [1.165, 1.54) is 103 Å². The van der Waals surface area contributed by atoms with Crippen LogP contribution in [-0.4, -0.2) is 80.2 Å². The van der Waals surface area contributed by atoms with E-state index in [1.54, 1.807) is 12.3 Å². The highest BCUT2D eigenvalue weighted by atomic mass is 31.2. The van der Waals surface area contributed by atoms with Crippen LogP contribution in [-0.2, 0) is 27.9 Å². The van der Waals surface area contributed by atoms with Gasteiger partial charge in [0.1, 0.15) is 19.8 Å². The molecule has 0 fully saturated rings. The van der Waals surface area contributed by atoms with E-state index >= 15 is 0 Å². The van der Waals surface area contributed by atoms with Gasteiger partial charge in [0, 0.05) is 6.42 Å². The number of hydrogen-bond acceptors (Lipinski definition) is 7. The molecule has 0 spiro atoms. The lowest BCUT2D eigenvalue weighted by Gasteiger charge is -2.24. The highest BCUT2D eigenvalue weighted by Gasteiger charge is 2.25. The molecular weight excluding hydrogens is 725 g/mol. The molecule has 0 aromatic carbocycles. The fraction of sp³-hybridized carbons (Fsp3) is 0.761. The highest BCUT2D eigenvalue weighted by molar-refractivity contribution is 7.47. The Kier molecular flexibility index (Phi) is 37.1. The first-order chi connectivity index (χ1) is 27.0. The topological polar surface area (TPSA) is 112 Å². The first-order valence-electron chi connectivity index (χ1n) is 22.2. The van der Waals surface area contributed by atoms with Gasteiger partial charge in [-0.3, -0.25) is 13.8 Å². The molecular formula is C46H85NO8P+. The second kappa shape index (κ2) is 38.5. The van der Waals surface area contributed by atoms with Crippen molar-refractivity contribution >= 4 is 13.8 Å². The molecule has 10 heteroatoms. The number of phosphoric ester groups is 1. The normalized spacial score (nSPS) is 14.8. The summed E-state index contributed by atoms with van der Waals surface area (Å²) in [7, 11) is 1.57. The summed E-state index contributed by atoms with van der Waals surface area (Å²) >= 11 is 0. The van der Waals surface area contributed by atoms with Crippen molar-refractivity contribution in [3.63, 3.8) is 0 Å². The Morgan fingerprint density at radius 3 is 1.82 bits per heavy atom. The van der Waals surface area contributed by atoms with E-state index in [4.69, 9.17) is 18.5 Å². The molecule has 0 aliphatic rings. The number of aliphatic hydroxyl groups excluding tert-OH is 1. The van der Waals surface area contributed by atoms with Crippen LogP contribution in [0.5, 0.6) is 0 Å². The van der Waals surface area contributed by atoms with Crippen LogP contribution in [0.4, 0.5) is 0 Å². The van der Waals surface area contributed by atoms with Crippen molar-refractivity contribution in [3.8, 4) is 0 Å². The maximum absolute atomic E-state index is 12.5. The molecule has 0 aliphatic carbocycles. The minimum atomic E-state index is -4.31. The van der Waals surface area contributed by atoms with Crippen molar-refractivity contribution in [3.05, 3.63) is 60.9 Å². The SMILES string of the molecule is CCCCC/C=C\C/C=C\C/C=C\C=C\[C@@H](O)CCCC(=O)OC[C@H](COP(=O)(O)OCC[N+](C)(C)C)O/C=C/CCCCCCCCCCCCCCCC. The van der Waals surface area contributed by atoms with E-state index in [-0.39, 0.29) is 26.2 Å². The quantitative estimate of drug-likeness (QED) is 0.0120. The van der Waals surface area contributed by atoms with Crippen molar-refractivity contribution in [2.75, 3.05) is 47.5 Å². The average Bonchev–Trinajstić information content (AvgIpc) is 3.14. The molecule has 0 heterocycles. The largest absolute Gasteiger partial charge is 0.492 e. The van der Waals surface area contributed by atoms with Gasteiger partial charge in [0.2, 0.25) is 0 Å². The van der Waals surface area contributed by atoms with Crippen LogP contribution in [0.2, 0.25) is 0 Å². The Bertz CT molecular complexity index is 1100. The standard InChI is InChI=1S/C46H84NO8P/c1-6-8-10-12-14-16-18-20-21-22-24-26-28-30-32-34-40-52-45(43-55-56(50,51)54-41-39-47(3,4)5)42-53-46(49)38-35-37-44(48)36-33-31-29-27-25-23-19-17-15-13-11-9-7-2/h15,17,23,25,29,31,33-34,36,40,44-45,48H,6-14,16,18-22,24,26-28,30,32,35,37-39,41-43H2,1-5H3/p+1/b17-15-,25-23-,31-29-,36-33+,40-34+/t44-,45-/m1/s1. The van der Waals surface area contributed by atoms with E-state index in [1.807, 2.05) is 45.4 Å². The molecule has 9 nitrogen and oxygen atoms in total. The van der Waals surface area contributed by atoms with Gasteiger partial charge < -0.3 is 24.0 Å². The van der Waals surface area contributed by atoms with Crippen molar-refractivity contribution in [1.82, 2.24) is 0 Å². The lowest BCUT2D eigenvalue weighted by atomic mass is 10.0. The van der Waals surface area contributed by atoms with Crippen LogP contribution in [0, 0.1) is 0 Å². The lowest BCUT2D eigenvalue weighted by Crippen LogP contribution is -2.37. The number of esters is 1. The first-order valence-corrected chi connectivity index (χ1v) is 23.7. The third kappa shape index (κ3) is 41.6. The Balaban J connectivity index is 4.48. The Hall–Kier alpha value is -2.00. The van der Waals surface area contributed by atoms with E-state index < -0.39 is 26.0 Å². The number of carbonyl (C=O) groups is 1. The van der Waals surface area contributed by atoms with Gasteiger partial charge in [-0.05, 0) is 57.4 Å². The van der Waals surface area contributed by atoms with Crippen LogP contribution < -0.4 is 0 Å². The minimum Gasteiger partial charge on any atom is -0.492 e. The summed E-state index contributed by atoms with van der Waals surface area (Å²) in [6, 6.07) is 0. The van der Waals surface area contributed by atoms with Crippen LogP contribution in [0.15, 0.2) is 60.9 Å². The van der Waals surface area contributed by atoms with Gasteiger partial charge in [-0.1, -0.05) is 159 Å². The fourth-order valence-electron chi connectivity index (χ4n) is 5.70. The predicted molar refractivity (Wildman–Crippen MR) is 234 cm³/mol. The molecule has 2 N–H and O–H groups in total. The van der Waals surface area contributed by atoms with Crippen LogP contribution in [0.3, 0.4) is 0 Å². The maximum atomic E-state index is 12.5. The molecule has 0 aliphatic heterocycles. The number of allylic oxidation sites excluding steroid dienone is 8. The number of phosphoric acid groups is 1. The second-order valence-corrected chi connectivity index (χ2v) is 17.4. The molecule has 56 heavy (non-hydrogen) atoms. The van der Waals surface area contributed by atoms with Crippen molar-refractivity contribution < 1.29 is 42.4 Å². The van der Waals surface area contributed by atoms with Crippen molar-refractivity contribution in [1.29, 1.82) is 0 Å². The number of carbonyl (C=O) groups excluding carboxylic acids is 1. The Morgan fingerprint density at radius 2 is 1.20 bits per heavy atom. The van der Waals surface area contributed by atoms with Gasteiger partial charge in [-0.2, -0.15) is 0 Å². The number of hydrogen-bond donors (Lipinski definition) is 2. The van der Waals surface area contributed by atoms with Crippen molar-refractivity contribution in [2.24, 2.45) is 0 Å². The third-order valence-electron chi connectivity index (χ3n) is 9.28. The molecule has 1 unspecified atom stereocenters. The number of ether oxygens (including phenoxy) is 2. The summed E-state index contributed by atoms with van der Waals surface area (Å²) in [6.45, 7) is 4.65. The van der Waals surface area contributed by atoms with Crippen molar-refractivity contribution in [2.45, 2.75) is 180 Å². The summed E-state index contributed by atoms with van der Waals surface area (Å²) in [6.07, 6.45) is 45.3. The number of rotatable bonds is 40. The fourth-order valence-corrected chi connectivity index (χ4v) is 6.44. The molecule has 0 saturated carbocycles. The molecule has 0 aromatic rings. The number of likely N-dealkylation sites (N-methyl/N-ethyl adjacent to an activating group) is 1. The summed E-state index contributed by atoms with van der Waals surface area (Å²) in [5.74, 6) is -0.435. The zero-order valence-electron chi connectivity index (χ0n) is 36.5. The van der Waals surface area contributed by atoms with E-state index in [0.29, 0.717) is 23.9 Å². The first kappa shape index (κ1) is 54.0. The molecule has 0 aromatic heterocycles. The van der Waals surface area contributed by atoms with Crippen LogP contribution >= 0.6 is 7.82 Å². The van der Waals surface area contributed by atoms with E-state index in [9.17, 15) is 19.4 Å². The highest BCUT2D eigenvalue weighted by Crippen LogP contribution is 2.43. The number of unbranched alkanes of at least 4 members (excludes halogenated alkanes) is 17. The number of quaternary nitrogens is 1. The molecule has 3 atom stereocenters. The summed E-state index contributed by atoms with van der Waals surface area (Å²) in [4.78, 5) is 22.7. The Labute approximate surface area is 343 Å². The smallest absolute Gasteiger partial charge is 0.472 e. The lowest BCUT2D eigenvalue weighted by molar-refractivity contribution is -0.870. The summed E-state index contributed by atoms with van der Waals surface area (Å²) in [5, 5.41) is 10.3. The molecule has 0 rings (SSSR count). The predicted octanol–water partition coefficient (Wildman–Crippen LogP) is 12.3. The van der Waals surface area contributed by atoms with Gasteiger partial charge >= 0.3 is 13.8 Å². The van der Waals surface area contributed by atoms with E-state index in [2.05, 4.69) is 38.2 Å². The zero-order chi connectivity index (χ0) is 41.4. The van der Waals surface area contributed by atoms with Gasteiger partial charge in [-0.25, -0.2) is 4.57 Å². The number of nitrogens with zero attached hydrogens (tertiary/aromatic N) is 1. The molecule has 0 amide bonds. The van der Waals surface area contributed by atoms with Crippen LogP contribution in [0.1, 0.15) is 168 Å². The molecule has 0 bridgehead atoms. The van der Waals surface area contributed by atoms with E-state index in [0.717, 1.165) is 32.1 Å². The summed E-state index contributed by atoms with van der Waals surface area (Å²) < 4.78 is 34.6. The summed E-state index contributed by atoms with van der Waals surface area (Å²) in [5.41, 5.74) is 0. The molecule has 0 radical (unpaired) electrons. The molecule has 326 valence electrons. The third-order valence-corrected chi connectivity index (χ3v) is 10.3. The number of aliphatic hydroxyl groups is 1.